The van der Waals surface area contributed by atoms with Crippen LogP contribution in [0.5, 0.6) is 0 Å². The van der Waals surface area contributed by atoms with Gasteiger partial charge in [-0.3, -0.25) is 9.89 Å². The number of ether oxygens (including phenoxy) is 1. The van der Waals surface area contributed by atoms with Crippen molar-refractivity contribution in [2.75, 3.05) is 19.7 Å². The van der Waals surface area contributed by atoms with E-state index in [-0.39, 0.29) is 12.5 Å². The highest BCUT2D eigenvalue weighted by atomic mass is 19.2. The maximum Gasteiger partial charge on any atom is 0.257 e. The summed E-state index contributed by atoms with van der Waals surface area (Å²) in [6.45, 7) is 1.08. The van der Waals surface area contributed by atoms with E-state index in [0.717, 1.165) is 12.1 Å². The zero-order chi connectivity index (χ0) is 14.8. The SMILES string of the molecule is O=C(c1cn[nH]c1)N1CCOC(c2ccc(F)c(F)c2)C1. The van der Waals surface area contributed by atoms with E-state index < -0.39 is 17.7 Å². The minimum absolute atomic E-state index is 0.167. The molecule has 21 heavy (non-hydrogen) atoms. The summed E-state index contributed by atoms with van der Waals surface area (Å²) in [5, 5.41) is 6.33. The summed E-state index contributed by atoms with van der Waals surface area (Å²) in [5.74, 6) is -1.99. The molecule has 1 unspecified atom stereocenters. The Hall–Kier alpha value is -2.28. The first kappa shape index (κ1) is 13.7. The van der Waals surface area contributed by atoms with Crippen LogP contribution in [0.4, 0.5) is 8.78 Å². The number of amides is 1. The van der Waals surface area contributed by atoms with Gasteiger partial charge in [-0.25, -0.2) is 8.78 Å². The van der Waals surface area contributed by atoms with Crippen LogP contribution < -0.4 is 0 Å². The van der Waals surface area contributed by atoms with Crippen molar-refractivity contribution >= 4 is 5.91 Å². The van der Waals surface area contributed by atoms with Crippen molar-refractivity contribution in [3.8, 4) is 0 Å². The average Bonchev–Trinajstić information content (AvgIpc) is 3.04. The lowest BCUT2D eigenvalue weighted by Gasteiger charge is -2.33. The maximum absolute atomic E-state index is 13.3. The molecule has 1 aromatic heterocycles. The van der Waals surface area contributed by atoms with E-state index in [4.69, 9.17) is 4.74 Å². The van der Waals surface area contributed by atoms with Gasteiger partial charge in [0, 0.05) is 12.7 Å². The second-order valence-electron chi connectivity index (χ2n) is 4.77. The van der Waals surface area contributed by atoms with Gasteiger partial charge in [0.15, 0.2) is 11.6 Å². The van der Waals surface area contributed by atoms with E-state index in [9.17, 15) is 13.6 Å². The summed E-state index contributed by atoms with van der Waals surface area (Å²) in [5.41, 5.74) is 0.972. The molecule has 0 spiro atoms. The summed E-state index contributed by atoms with van der Waals surface area (Å²) in [6.07, 6.45) is 2.50. The quantitative estimate of drug-likeness (QED) is 0.920. The van der Waals surface area contributed by atoms with Gasteiger partial charge in [0.25, 0.3) is 5.91 Å². The van der Waals surface area contributed by atoms with Gasteiger partial charge >= 0.3 is 0 Å². The normalized spacial score (nSPS) is 18.8. The van der Waals surface area contributed by atoms with Crippen LogP contribution in [-0.2, 0) is 4.74 Å². The number of hydrogen-bond acceptors (Lipinski definition) is 3. The molecule has 0 aliphatic carbocycles. The van der Waals surface area contributed by atoms with Gasteiger partial charge < -0.3 is 9.64 Å². The van der Waals surface area contributed by atoms with Crippen LogP contribution in [0, 0.1) is 11.6 Å². The smallest absolute Gasteiger partial charge is 0.257 e. The minimum atomic E-state index is -0.922. The van der Waals surface area contributed by atoms with Crippen molar-refractivity contribution in [3.63, 3.8) is 0 Å². The second kappa shape index (κ2) is 5.61. The highest BCUT2D eigenvalue weighted by Crippen LogP contribution is 2.24. The van der Waals surface area contributed by atoms with E-state index in [1.807, 2.05) is 0 Å². The Morgan fingerprint density at radius 2 is 2.24 bits per heavy atom. The van der Waals surface area contributed by atoms with E-state index in [2.05, 4.69) is 10.2 Å². The number of aromatic nitrogens is 2. The standard InChI is InChI=1S/C14H13F2N3O2/c15-11-2-1-9(5-12(11)16)13-8-19(3-4-21-13)14(20)10-6-17-18-7-10/h1-2,5-7,13H,3-4,8H2,(H,17,18). The molecule has 1 N–H and O–H groups in total. The lowest BCUT2D eigenvalue weighted by Crippen LogP contribution is -2.42. The van der Waals surface area contributed by atoms with Crippen molar-refractivity contribution in [2.45, 2.75) is 6.10 Å². The van der Waals surface area contributed by atoms with E-state index >= 15 is 0 Å². The number of rotatable bonds is 2. The van der Waals surface area contributed by atoms with Crippen molar-refractivity contribution in [1.82, 2.24) is 15.1 Å². The molecule has 1 atom stereocenters. The third kappa shape index (κ3) is 2.78. The number of carbonyl (C=O) groups is 1. The average molecular weight is 293 g/mol. The maximum atomic E-state index is 13.3. The predicted molar refractivity (Wildman–Crippen MR) is 69.5 cm³/mol. The number of aromatic amines is 1. The van der Waals surface area contributed by atoms with Crippen LogP contribution in [0.2, 0.25) is 0 Å². The lowest BCUT2D eigenvalue weighted by atomic mass is 10.1. The van der Waals surface area contributed by atoms with Crippen LogP contribution >= 0.6 is 0 Å². The van der Waals surface area contributed by atoms with Crippen molar-refractivity contribution < 1.29 is 18.3 Å². The van der Waals surface area contributed by atoms with Gasteiger partial charge in [-0.1, -0.05) is 6.07 Å². The Morgan fingerprint density at radius 3 is 2.95 bits per heavy atom. The lowest BCUT2D eigenvalue weighted by molar-refractivity contribution is -0.0229. The number of hydrogen-bond donors (Lipinski definition) is 1. The van der Waals surface area contributed by atoms with Crippen molar-refractivity contribution in [1.29, 1.82) is 0 Å². The first-order valence-corrected chi connectivity index (χ1v) is 6.50. The minimum Gasteiger partial charge on any atom is -0.370 e. The van der Waals surface area contributed by atoms with Crippen molar-refractivity contribution in [3.05, 3.63) is 53.4 Å². The molecule has 1 aromatic carbocycles. The number of H-pyrrole nitrogens is 1. The molecule has 1 saturated heterocycles. The molecule has 1 aliphatic rings. The van der Waals surface area contributed by atoms with Gasteiger partial charge in [-0.2, -0.15) is 5.10 Å². The predicted octanol–water partition coefficient (Wildman–Crippen LogP) is 1.90. The molecule has 2 heterocycles. The zero-order valence-corrected chi connectivity index (χ0v) is 11.1. The molecule has 2 aromatic rings. The fraction of sp³-hybridized carbons (Fsp3) is 0.286. The first-order chi connectivity index (χ1) is 10.1. The summed E-state index contributed by atoms with van der Waals surface area (Å²) in [4.78, 5) is 13.8. The number of nitrogens with one attached hydrogen (secondary N) is 1. The molecule has 5 nitrogen and oxygen atoms in total. The van der Waals surface area contributed by atoms with Crippen molar-refractivity contribution in [2.24, 2.45) is 0 Å². The zero-order valence-electron chi connectivity index (χ0n) is 11.1. The first-order valence-electron chi connectivity index (χ1n) is 6.50. The molecule has 3 rings (SSSR count). The van der Waals surface area contributed by atoms with E-state index in [1.54, 1.807) is 4.90 Å². The van der Waals surface area contributed by atoms with Crippen LogP contribution in [0.15, 0.2) is 30.6 Å². The summed E-state index contributed by atoms with van der Waals surface area (Å²) < 4.78 is 31.8. The summed E-state index contributed by atoms with van der Waals surface area (Å²) >= 11 is 0. The third-order valence-corrected chi connectivity index (χ3v) is 3.41. The van der Waals surface area contributed by atoms with Crippen LogP contribution in [0.25, 0.3) is 0 Å². The van der Waals surface area contributed by atoms with Crippen LogP contribution in [-0.4, -0.2) is 40.7 Å². The van der Waals surface area contributed by atoms with E-state index in [0.29, 0.717) is 24.3 Å². The highest BCUT2D eigenvalue weighted by molar-refractivity contribution is 5.93. The Bertz CT molecular complexity index is 646. The van der Waals surface area contributed by atoms with Gasteiger partial charge in [0.1, 0.15) is 6.10 Å². The number of halogens is 2. The fourth-order valence-corrected chi connectivity index (χ4v) is 2.30. The van der Waals surface area contributed by atoms with Crippen LogP contribution in [0.3, 0.4) is 0 Å². The monoisotopic (exact) mass is 293 g/mol. The Kier molecular flexibility index (Phi) is 3.66. The number of carbonyl (C=O) groups excluding carboxylic acids is 1. The highest BCUT2D eigenvalue weighted by Gasteiger charge is 2.27. The molecule has 0 saturated carbocycles. The topological polar surface area (TPSA) is 58.2 Å². The summed E-state index contributed by atoms with van der Waals surface area (Å²) in [7, 11) is 0. The fourth-order valence-electron chi connectivity index (χ4n) is 2.30. The molecule has 1 aliphatic heterocycles. The molecule has 7 heteroatoms. The number of benzene rings is 1. The van der Waals surface area contributed by atoms with Gasteiger partial charge in [0.2, 0.25) is 0 Å². The van der Waals surface area contributed by atoms with E-state index in [1.165, 1.54) is 18.5 Å². The number of morpholine rings is 1. The largest absolute Gasteiger partial charge is 0.370 e. The molecular weight excluding hydrogens is 280 g/mol. The molecule has 0 bridgehead atoms. The molecular formula is C14H13F2N3O2. The van der Waals surface area contributed by atoms with Gasteiger partial charge in [-0.15, -0.1) is 0 Å². The molecule has 0 radical (unpaired) electrons. The molecule has 1 amide bonds. The molecule has 1 fully saturated rings. The third-order valence-electron chi connectivity index (χ3n) is 3.41. The van der Waals surface area contributed by atoms with Gasteiger partial charge in [0.05, 0.1) is 24.9 Å². The van der Waals surface area contributed by atoms with Crippen LogP contribution in [0.1, 0.15) is 22.0 Å². The Balaban J connectivity index is 1.76. The van der Waals surface area contributed by atoms with Gasteiger partial charge in [-0.05, 0) is 17.7 Å². The second-order valence-corrected chi connectivity index (χ2v) is 4.77. The Morgan fingerprint density at radius 1 is 1.38 bits per heavy atom. The Labute approximate surface area is 119 Å². The summed E-state index contributed by atoms with van der Waals surface area (Å²) in [6, 6.07) is 3.63. The molecule has 110 valence electrons. The number of nitrogens with zero attached hydrogens (tertiary/aromatic N) is 2.